The predicted molar refractivity (Wildman–Crippen MR) is 84.7 cm³/mol. The van der Waals surface area contributed by atoms with Gasteiger partial charge in [0.15, 0.2) is 0 Å². The molecule has 1 heterocycles. The van der Waals surface area contributed by atoms with Gasteiger partial charge in [-0.2, -0.15) is 0 Å². The van der Waals surface area contributed by atoms with Crippen LogP contribution in [-0.4, -0.2) is 30.0 Å². The molecule has 1 aliphatic rings. The number of thioether (sulfide) groups is 2. The van der Waals surface area contributed by atoms with Crippen molar-refractivity contribution >= 4 is 29.4 Å². The lowest BCUT2D eigenvalue weighted by molar-refractivity contribution is 0.0953. The molecule has 0 aliphatic carbocycles. The highest BCUT2D eigenvalue weighted by Gasteiger charge is 2.18. The standard InChI is InChI=1S/C14H20N2OS2/c1-10(15)6-7-16-13(17)11-2-4-12(5-3-11)14-18-8-9-19-14/h2-5,10,14H,6-9,15H2,1H3,(H,16,17). The van der Waals surface area contributed by atoms with Crippen LogP contribution in [0.1, 0.15) is 33.8 Å². The summed E-state index contributed by atoms with van der Waals surface area (Å²) in [6, 6.07) is 8.08. The van der Waals surface area contributed by atoms with Crippen LogP contribution in [0.3, 0.4) is 0 Å². The zero-order valence-corrected chi connectivity index (χ0v) is 12.7. The summed E-state index contributed by atoms with van der Waals surface area (Å²) in [5.74, 6) is 2.42. The second-order valence-electron chi connectivity index (χ2n) is 4.72. The molecule has 1 aromatic carbocycles. The molecule has 1 saturated heterocycles. The van der Waals surface area contributed by atoms with Crippen molar-refractivity contribution in [1.29, 1.82) is 0 Å². The summed E-state index contributed by atoms with van der Waals surface area (Å²) in [4.78, 5) is 11.9. The third-order valence-electron chi connectivity index (χ3n) is 2.95. The minimum Gasteiger partial charge on any atom is -0.352 e. The van der Waals surface area contributed by atoms with Gasteiger partial charge in [0.25, 0.3) is 5.91 Å². The van der Waals surface area contributed by atoms with Crippen molar-refractivity contribution in [2.24, 2.45) is 5.73 Å². The number of rotatable bonds is 5. The van der Waals surface area contributed by atoms with E-state index in [0.717, 1.165) is 12.0 Å². The first kappa shape index (κ1) is 14.8. The quantitative estimate of drug-likeness (QED) is 0.877. The molecular weight excluding hydrogens is 276 g/mol. The number of hydrogen-bond donors (Lipinski definition) is 2. The van der Waals surface area contributed by atoms with Crippen molar-refractivity contribution in [3.8, 4) is 0 Å². The third kappa shape index (κ3) is 4.44. The lowest BCUT2D eigenvalue weighted by atomic mass is 10.1. The maximum absolute atomic E-state index is 11.9. The molecule has 0 saturated carbocycles. The van der Waals surface area contributed by atoms with Crippen LogP contribution in [-0.2, 0) is 0 Å². The van der Waals surface area contributed by atoms with Gasteiger partial charge in [-0.3, -0.25) is 4.79 Å². The van der Waals surface area contributed by atoms with Crippen LogP contribution in [0.15, 0.2) is 24.3 Å². The molecule has 1 unspecified atom stereocenters. The summed E-state index contributed by atoms with van der Waals surface area (Å²) in [5.41, 5.74) is 7.68. The number of carbonyl (C=O) groups is 1. The normalized spacial score (nSPS) is 17.4. The van der Waals surface area contributed by atoms with Crippen LogP contribution >= 0.6 is 23.5 Å². The monoisotopic (exact) mass is 296 g/mol. The summed E-state index contributed by atoms with van der Waals surface area (Å²) in [6.07, 6.45) is 0.805. The van der Waals surface area contributed by atoms with E-state index in [9.17, 15) is 4.79 Å². The molecule has 0 aromatic heterocycles. The minimum absolute atomic E-state index is 0.0149. The van der Waals surface area contributed by atoms with Crippen LogP contribution in [0, 0.1) is 0 Å². The molecule has 104 valence electrons. The number of hydrogen-bond acceptors (Lipinski definition) is 4. The van der Waals surface area contributed by atoms with Gasteiger partial charge in [0.1, 0.15) is 0 Å². The Morgan fingerprint density at radius 2 is 2.00 bits per heavy atom. The first-order valence-corrected chi connectivity index (χ1v) is 8.63. The Morgan fingerprint density at radius 1 is 1.37 bits per heavy atom. The Balaban J connectivity index is 1.88. The van der Waals surface area contributed by atoms with Crippen LogP contribution in [0.4, 0.5) is 0 Å². The van der Waals surface area contributed by atoms with Crippen LogP contribution in [0.25, 0.3) is 0 Å². The molecular formula is C14H20N2OS2. The van der Waals surface area contributed by atoms with Crippen LogP contribution < -0.4 is 11.1 Å². The predicted octanol–water partition coefficient (Wildman–Crippen LogP) is 2.63. The van der Waals surface area contributed by atoms with Gasteiger partial charge >= 0.3 is 0 Å². The maximum Gasteiger partial charge on any atom is 0.251 e. The number of nitrogens with two attached hydrogens (primary N) is 1. The Morgan fingerprint density at radius 3 is 2.58 bits per heavy atom. The second kappa shape index (κ2) is 7.22. The van der Waals surface area contributed by atoms with Gasteiger partial charge in [0.05, 0.1) is 4.58 Å². The second-order valence-corrected chi connectivity index (χ2v) is 7.44. The van der Waals surface area contributed by atoms with Crippen molar-refractivity contribution < 1.29 is 4.79 Å². The smallest absolute Gasteiger partial charge is 0.251 e. The van der Waals surface area contributed by atoms with E-state index in [0.29, 0.717) is 11.1 Å². The van der Waals surface area contributed by atoms with E-state index in [1.165, 1.54) is 17.1 Å². The highest BCUT2D eigenvalue weighted by atomic mass is 32.2. The molecule has 3 nitrogen and oxygen atoms in total. The number of nitrogens with one attached hydrogen (secondary N) is 1. The SMILES string of the molecule is CC(N)CCNC(=O)c1ccc(C2SCCS2)cc1. The molecule has 2 rings (SSSR count). The summed E-state index contributed by atoms with van der Waals surface area (Å²) in [5, 5.41) is 2.89. The average Bonchev–Trinajstić information content (AvgIpc) is 2.92. The van der Waals surface area contributed by atoms with Crippen LogP contribution in [0.2, 0.25) is 0 Å². The molecule has 0 radical (unpaired) electrons. The first-order valence-electron chi connectivity index (χ1n) is 6.54. The summed E-state index contributed by atoms with van der Waals surface area (Å²) >= 11 is 3.95. The highest BCUT2D eigenvalue weighted by molar-refractivity contribution is 8.19. The largest absolute Gasteiger partial charge is 0.352 e. The van der Waals surface area contributed by atoms with Crippen molar-refractivity contribution in [2.75, 3.05) is 18.1 Å². The van der Waals surface area contributed by atoms with Gasteiger partial charge < -0.3 is 11.1 Å². The highest BCUT2D eigenvalue weighted by Crippen LogP contribution is 2.45. The third-order valence-corrected chi connectivity index (χ3v) is 6.06. The van der Waals surface area contributed by atoms with E-state index in [1.54, 1.807) is 0 Å². The molecule has 5 heteroatoms. The lowest BCUT2D eigenvalue weighted by Gasteiger charge is -2.10. The van der Waals surface area contributed by atoms with E-state index < -0.39 is 0 Å². The average molecular weight is 296 g/mol. The Hall–Kier alpha value is -0.650. The molecule has 0 spiro atoms. The summed E-state index contributed by atoms with van der Waals surface area (Å²) in [7, 11) is 0. The molecule has 1 aromatic rings. The van der Waals surface area contributed by atoms with Gasteiger partial charge in [-0.1, -0.05) is 12.1 Å². The van der Waals surface area contributed by atoms with Crippen molar-refractivity contribution in [2.45, 2.75) is 24.0 Å². The Bertz CT molecular complexity index is 414. The fourth-order valence-electron chi connectivity index (χ4n) is 1.86. The molecule has 19 heavy (non-hydrogen) atoms. The molecule has 1 fully saturated rings. The number of amides is 1. The van der Waals surface area contributed by atoms with Crippen molar-refractivity contribution in [3.63, 3.8) is 0 Å². The van der Waals surface area contributed by atoms with Gasteiger partial charge in [0.2, 0.25) is 0 Å². The van der Waals surface area contributed by atoms with Crippen LogP contribution in [0.5, 0.6) is 0 Å². The minimum atomic E-state index is -0.0149. The Labute approximate surface area is 123 Å². The zero-order valence-electron chi connectivity index (χ0n) is 11.1. The lowest BCUT2D eigenvalue weighted by Crippen LogP contribution is -2.28. The molecule has 3 N–H and O–H groups in total. The summed E-state index contributed by atoms with van der Waals surface area (Å²) in [6.45, 7) is 2.57. The van der Waals surface area contributed by atoms with E-state index in [-0.39, 0.29) is 11.9 Å². The maximum atomic E-state index is 11.9. The van der Waals surface area contributed by atoms with Gasteiger partial charge in [-0.05, 0) is 31.0 Å². The fourth-order valence-corrected chi connectivity index (χ4v) is 4.72. The van der Waals surface area contributed by atoms with E-state index >= 15 is 0 Å². The first-order chi connectivity index (χ1) is 9.16. The fraction of sp³-hybridized carbons (Fsp3) is 0.500. The van der Waals surface area contributed by atoms with Gasteiger partial charge in [-0.15, -0.1) is 23.5 Å². The van der Waals surface area contributed by atoms with Crippen molar-refractivity contribution in [1.82, 2.24) is 5.32 Å². The van der Waals surface area contributed by atoms with E-state index in [4.69, 9.17) is 5.73 Å². The number of carbonyl (C=O) groups excluding carboxylic acids is 1. The molecule has 1 aliphatic heterocycles. The molecule has 1 atom stereocenters. The Kier molecular flexibility index (Phi) is 5.60. The topological polar surface area (TPSA) is 55.1 Å². The van der Waals surface area contributed by atoms with Crippen molar-refractivity contribution in [3.05, 3.63) is 35.4 Å². The number of benzene rings is 1. The summed E-state index contributed by atoms with van der Waals surface area (Å²) < 4.78 is 0.537. The van der Waals surface area contributed by atoms with Gasteiger partial charge in [-0.25, -0.2) is 0 Å². The van der Waals surface area contributed by atoms with E-state index in [1.807, 2.05) is 42.6 Å². The molecule has 0 bridgehead atoms. The zero-order chi connectivity index (χ0) is 13.7. The van der Waals surface area contributed by atoms with E-state index in [2.05, 4.69) is 17.4 Å². The van der Waals surface area contributed by atoms with Gasteiger partial charge in [0, 0.05) is 29.7 Å². The molecule has 1 amide bonds.